The lowest BCUT2D eigenvalue weighted by Gasteiger charge is -2.12. The van der Waals surface area contributed by atoms with E-state index >= 15 is 0 Å². The molecular formula is C12H18N2O2. The molecule has 0 spiro atoms. The maximum absolute atomic E-state index is 10.9. The topological polar surface area (TPSA) is 64.4 Å². The molecule has 16 heavy (non-hydrogen) atoms. The first-order valence-electron chi connectivity index (χ1n) is 5.37. The van der Waals surface area contributed by atoms with Crippen molar-refractivity contribution in [2.24, 2.45) is 5.84 Å². The van der Waals surface area contributed by atoms with Crippen LogP contribution < -0.4 is 11.3 Å². The third-order valence-electron chi connectivity index (χ3n) is 2.32. The molecule has 1 aromatic carbocycles. The number of carbonyl (C=O) groups is 1. The lowest BCUT2D eigenvalue weighted by molar-refractivity contribution is -0.121. The van der Waals surface area contributed by atoms with Crippen molar-refractivity contribution in [2.45, 2.75) is 32.5 Å². The molecule has 1 atom stereocenters. The molecule has 0 aliphatic heterocycles. The minimum Gasteiger partial charge on any atom is -0.374 e. The second-order valence-corrected chi connectivity index (χ2v) is 3.71. The summed E-state index contributed by atoms with van der Waals surface area (Å²) in [6.07, 6.45) is 1.12. The molecule has 1 amide bonds. The fourth-order valence-corrected chi connectivity index (χ4v) is 1.30. The molecule has 1 aromatic rings. The molecule has 4 heteroatoms. The van der Waals surface area contributed by atoms with Gasteiger partial charge < -0.3 is 4.74 Å². The van der Waals surface area contributed by atoms with E-state index in [0.29, 0.717) is 19.4 Å². The summed E-state index contributed by atoms with van der Waals surface area (Å²) >= 11 is 0. The average Bonchev–Trinajstić information content (AvgIpc) is 2.34. The van der Waals surface area contributed by atoms with Crippen LogP contribution in [-0.4, -0.2) is 12.0 Å². The fraction of sp³-hybridized carbons (Fsp3) is 0.417. The number of rotatable bonds is 6. The van der Waals surface area contributed by atoms with Gasteiger partial charge in [-0.1, -0.05) is 30.3 Å². The minimum atomic E-state index is -0.157. The second-order valence-electron chi connectivity index (χ2n) is 3.71. The Bertz CT molecular complexity index is 314. The van der Waals surface area contributed by atoms with Gasteiger partial charge in [0.2, 0.25) is 5.91 Å². The van der Waals surface area contributed by atoms with Crippen LogP contribution in [0.4, 0.5) is 0 Å². The highest BCUT2D eigenvalue weighted by Gasteiger charge is 2.05. The number of ether oxygens (including phenoxy) is 1. The molecule has 1 rings (SSSR count). The van der Waals surface area contributed by atoms with Crippen LogP contribution >= 0.6 is 0 Å². The molecule has 1 unspecified atom stereocenters. The zero-order valence-electron chi connectivity index (χ0n) is 9.48. The maximum Gasteiger partial charge on any atom is 0.233 e. The molecule has 0 aromatic heterocycles. The van der Waals surface area contributed by atoms with Gasteiger partial charge in [0.15, 0.2) is 0 Å². The SMILES string of the molecule is CC(CCC(=O)NN)OCc1ccccc1. The highest BCUT2D eigenvalue weighted by molar-refractivity contribution is 5.75. The summed E-state index contributed by atoms with van der Waals surface area (Å²) in [4.78, 5) is 10.9. The zero-order valence-corrected chi connectivity index (χ0v) is 9.48. The van der Waals surface area contributed by atoms with Crippen molar-refractivity contribution < 1.29 is 9.53 Å². The van der Waals surface area contributed by atoms with Crippen molar-refractivity contribution in [3.8, 4) is 0 Å². The van der Waals surface area contributed by atoms with Gasteiger partial charge in [-0.2, -0.15) is 0 Å². The molecular weight excluding hydrogens is 204 g/mol. The molecule has 4 nitrogen and oxygen atoms in total. The number of carbonyl (C=O) groups excluding carboxylic acids is 1. The van der Waals surface area contributed by atoms with Crippen molar-refractivity contribution >= 4 is 5.91 Å². The lowest BCUT2D eigenvalue weighted by Crippen LogP contribution is -2.30. The molecule has 0 aliphatic carbocycles. The largest absolute Gasteiger partial charge is 0.374 e. The van der Waals surface area contributed by atoms with Gasteiger partial charge in [-0.15, -0.1) is 0 Å². The first-order valence-corrected chi connectivity index (χ1v) is 5.37. The number of benzene rings is 1. The van der Waals surface area contributed by atoms with Gasteiger partial charge in [-0.3, -0.25) is 10.2 Å². The predicted molar refractivity (Wildman–Crippen MR) is 62.3 cm³/mol. The van der Waals surface area contributed by atoms with Crippen LogP contribution in [0.25, 0.3) is 0 Å². The highest BCUT2D eigenvalue weighted by Crippen LogP contribution is 2.06. The minimum absolute atomic E-state index is 0.0532. The Morgan fingerprint density at radius 2 is 2.12 bits per heavy atom. The summed E-state index contributed by atoms with van der Waals surface area (Å²) in [5.41, 5.74) is 3.24. The van der Waals surface area contributed by atoms with Crippen LogP contribution in [0.1, 0.15) is 25.3 Å². The van der Waals surface area contributed by atoms with Gasteiger partial charge in [0, 0.05) is 6.42 Å². The van der Waals surface area contributed by atoms with Gasteiger partial charge in [0.05, 0.1) is 12.7 Å². The van der Waals surface area contributed by atoms with E-state index < -0.39 is 0 Å². The van der Waals surface area contributed by atoms with E-state index in [9.17, 15) is 4.79 Å². The van der Waals surface area contributed by atoms with Crippen LogP contribution in [0, 0.1) is 0 Å². The standard InChI is InChI=1S/C12H18N2O2/c1-10(7-8-12(15)14-13)16-9-11-5-3-2-4-6-11/h2-6,10H,7-9,13H2,1H3,(H,14,15). The number of nitrogens with one attached hydrogen (secondary N) is 1. The Morgan fingerprint density at radius 3 is 2.75 bits per heavy atom. The third kappa shape index (κ3) is 4.91. The van der Waals surface area contributed by atoms with E-state index in [1.807, 2.05) is 37.3 Å². The molecule has 0 saturated heterocycles. The molecule has 88 valence electrons. The number of hydrogen-bond acceptors (Lipinski definition) is 3. The van der Waals surface area contributed by atoms with Gasteiger partial charge in [-0.05, 0) is 18.9 Å². The van der Waals surface area contributed by atoms with E-state index in [0.717, 1.165) is 5.56 Å². The van der Waals surface area contributed by atoms with Crippen LogP contribution in [0.5, 0.6) is 0 Å². The number of amides is 1. The summed E-state index contributed by atoms with van der Waals surface area (Å²) < 4.78 is 5.60. The van der Waals surface area contributed by atoms with Crippen LogP contribution in [0.2, 0.25) is 0 Å². The first-order chi connectivity index (χ1) is 7.72. The molecule has 3 N–H and O–H groups in total. The quantitative estimate of drug-likeness (QED) is 0.434. The molecule has 0 saturated carbocycles. The maximum atomic E-state index is 10.9. The van der Waals surface area contributed by atoms with Crippen LogP contribution in [-0.2, 0) is 16.1 Å². The number of hydrogen-bond donors (Lipinski definition) is 2. The third-order valence-corrected chi connectivity index (χ3v) is 2.32. The molecule has 0 aliphatic rings. The molecule has 0 heterocycles. The van der Waals surface area contributed by atoms with Gasteiger partial charge in [0.25, 0.3) is 0 Å². The van der Waals surface area contributed by atoms with Crippen molar-refractivity contribution in [2.75, 3.05) is 0 Å². The summed E-state index contributed by atoms with van der Waals surface area (Å²) in [6.45, 7) is 2.53. The summed E-state index contributed by atoms with van der Waals surface area (Å²) in [5.74, 6) is 4.83. The Morgan fingerprint density at radius 1 is 1.44 bits per heavy atom. The van der Waals surface area contributed by atoms with Gasteiger partial charge in [0.1, 0.15) is 0 Å². The average molecular weight is 222 g/mol. The zero-order chi connectivity index (χ0) is 11.8. The first kappa shape index (κ1) is 12.7. The van der Waals surface area contributed by atoms with Crippen LogP contribution in [0.3, 0.4) is 0 Å². The predicted octanol–water partition coefficient (Wildman–Crippen LogP) is 1.36. The normalized spacial score (nSPS) is 12.1. The number of nitrogens with two attached hydrogens (primary N) is 1. The Balaban J connectivity index is 2.20. The van der Waals surface area contributed by atoms with Crippen molar-refractivity contribution in [3.05, 3.63) is 35.9 Å². The van der Waals surface area contributed by atoms with Crippen molar-refractivity contribution in [1.29, 1.82) is 0 Å². The van der Waals surface area contributed by atoms with E-state index in [1.165, 1.54) is 0 Å². The molecule has 0 fully saturated rings. The van der Waals surface area contributed by atoms with Crippen molar-refractivity contribution in [1.82, 2.24) is 5.43 Å². The molecule has 0 bridgehead atoms. The summed E-state index contributed by atoms with van der Waals surface area (Å²) in [5, 5.41) is 0. The smallest absolute Gasteiger partial charge is 0.233 e. The fourth-order valence-electron chi connectivity index (χ4n) is 1.30. The number of hydrazine groups is 1. The highest BCUT2D eigenvalue weighted by atomic mass is 16.5. The summed E-state index contributed by atoms with van der Waals surface area (Å²) in [6, 6.07) is 9.95. The van der Waals surface area contributed by atoms with Gasteiger partial charge >= 0.3 is 0 Å². The Labute approximate surface area is 95.8 Å². The monoisotopic (exact) mass is 222 g/mol. The van der Waals surface area contributed by atoms with Crippen molar-refractivity contribution in [3.63, 3.8) is 0 Å². The Hall–Kier alpha value is -1.39. The molecule has 0 radical (unpaired) electrons. The van der Waals surface area contributed by atoms with E-state index in [2.05, 4.69) is 5.43 Å². The second kappa shape index (κ2) is 6.98. The Kier molecular flexibility index (Phi) is 5.53. The van der Waals surface area contributed by atoms with E-state index in [-0.39, 0.29) is 12.0 Å². The van der Waals surface area contributed by atoms with Crippen LogP contribution in [0.15, 0.2) is 30.3 Å². The van der Waals surface area contributed by atoms with Gasteiger partial charge in [-0.25, -0.2) is 5.84 Å². The summed E-state index contributed by atoms with van der Waals surface area (Å²) in [7, 11) is 0. The van der Waals surface area contributed by atoms with E-state index in [1.54, 1.807) is 0 Å². The van der Waals surface area contributed by atoms with E-state index in [4.69, 9.17) is 10.6 Å². The lowest BCUT2D eigenvalue weighted by atomic mass is 10.2.